The van der Waals surface area contributed by atoms with E-state index in [0.717, 1.165) is 11.8 Å². The third-order valence-electron chi connectivity index (χ3n) is 7.76. The zero-order valence-electron chi connectivity index (χ0n) is 23.1. The van der Waals surface area contributed by atoms with Crippen molar-refractivity contribution in [3.63, 3.8) is 0 Å². The van der Waals surface area contributed by atoms with Gasteiger partial charge in [0.1, 0.15) is 12.1 Å². The van der Waals surface area contributed by atoms with Crippen molar-refractivity contribution < 1.29 is 40.0 Å². The summed E-state index contributed by atoms with van der Waals surface area (Å²) < 4.78 is 98.7. The van der Waals surface area contributed by atoms with Gasteiger partial charge in [-0.25, -0.2) is 30.4 Å². The number of para-hydroxylation sites is 1. The minimum absolute atomic E-state index is 0.0246. The minimum atomic E-state index is -5.56. The van der Waals surface area contributed by atoms with E-state index in [2.05, 4.69) is 5.32 Å². The van der Waals surface area contributed by atoms with E-state index in [9.17, 15) is 40.0 Å². The molecule has 2 amide bonds. The number of carbonyl (C=O) groups is 2. The molecule has 2 heterocycles. The first-order chi connectivity index (χ1) is 20.3. The molecule has 2 aliphatic rings. The highest BCUT2D eigenvalue weighted by Crippen LogP contribution is 2.34. The van der Waals surface area contributed by atoms with Gasteiger partial charge in [-0.05, 0) is 50.7 Å². The molecule has 2 atom stereocenters. The molecule has 2 fully saturated rings. The number of nitrogens with zero attached hydrogens (tertiary/aromatic N) is 3. The van der Waals surface area contributed by atoms with Gasteiger partial charge in [-0.3, -0.25) is 19.3 Å². The van der Waals surface area contributed by atoms with Crippen molar-refractivity contribution in [2.75, 3.05) is 30.5 Å². The standard InChI is InChI=1S/C27H31F5N6O4S/c1-15(26(40)37-11-5-8-18(37)25(39)35-14-16-9-12-36(13-10-16)27(33)34)38(17-6-3-2-4-7-17)43(41,42)24-22(31)20(29)19(28)21(30)23(24)32/h2-4,6-7,15-16,18H,5,8-14H2,1H3,(H3,33,34)(H,35,39)/t15-,18-/m0/s1. The van der Waals surface area contributed by atoms with Gasteiger partial charge in [-0.1, -0.05) is 18.2 Å². The molecule has 2 saturated heterocycles. The molecule has 16 heteroatoms. The van der Waals surface area contributed by atoms with Gasteiger partial charge < -0.3 is 20.9 Å². The Morgan fingerprint density at radius 1 is 0.977 bits per heavy atom. The molecule has 234 valence electrons. The lowest BCUT2D eigenvalue weighted by molar-refractivity contribution is -0.139. The highest BCUT2D eigenvalue weighted by atomic mass is 32.2. The number of halogens is 5. The number of hydrogen-bond acceptors (Lipinski definition) is 5. The van der Waals surface area contributed by atoms with Gasteiger partial charge in [-0.2, -0.15) is 0 Å². The number of guanidine groups is 1. The van der Waals surface area contributed by atoms with Crippen LogP contribution in [0.3, 0.4) is 0 Å². The molecule has 43 heavy (non-hydrogen) atoms. The van der Waals surface area contributed by atoms with Crippen molar-refractivity contribution in [3.05, 3.63) is 59.4 Å². The van der Waals surface area contributed by atoms with Crippen LogP contribution in [0, 0.1) is 40.4 Å². The van der Waals surface area contributed by atoms with E-state index >= 15 is 0 Å². The van der Waals surface area contributed by atoms with E-state index in [1.165, 1.54) is 30.3 Å². The summed E-state index contributed by atoms with van der Waals surface area (Å²) in [5.74, 6) is -13.8. The predicted molar refractivity (Wildman–Crippen MR) is 146 cm³/mol. The molecule has 10 nitrogen and oxygen atoms in total. The van der Waals surface area contributed by atoms with Crippen LogP contribution in [0.1, 0.15) is 32.6 Å². The number of carbonyl (C=O) groups excluding carboxylic acids is 2. The average molecular weight is 631 g/mol. The molecule has 0 aliphatic carbocycles. The van der Waals surface area contributed by atoms with Crippen LogP contribution in [-0.2, 0) is 19.6 Å². The normalized spacial score (nSPS) is 18.4. The molecule has 0 spiro atoms. The van der Waals surface area contributed by atoms with Gasteiger partial charge in [0.2, 0.25) is 17.6 Å². The molecular formula is C27H31F5N6O4S. The van der Waals surface area contributed by atoms with Crippen molar-refractivity contribution in [3.8, 4) is 0 Å². The van der Waals surface area contributed by atoms with Crippen LogP contribution in [0.2, 0.25) is 0 Å². The molecule has 0 aromatic heterocycles. The SMILES string of the molecule is C[C@@H](C(=O)N1CCC[C@H]1C(=O)NCC1CCN(C(=N)N)CC1)N(c1ccccc1)S(=O)(=O)c1c(F)c(F)c(F)c(F)c1F. The van der Waals surface area contributed by atoms with Crippen LogP contribution in [-0.4, -0.2) is 74.3 Å². The summed E-state index contributed by atoms with van der Waals surface area (Å²) >= 11 is 0. The minimum Gasteiger partial charge on any atom is -0.370 e. The smallest absolute Gasteiger partial charge is 0.271 e. The number of likely N-dealkylation sites (tertiary alicyclic amines) is 2. The molecule has 0 saturated carbocycles. The van der Waals surface area contributed by atoms with Crippen molar-refractivity contribution in [1.29, 1.82) is 5.41 Å². The topological polar surface area (TPSA) is 140 Å². The van der Waals surface area contributed by atoms with Gasteiger partial charge >= 0.3 is 0 Å². The van der Waals surface area contributed by atoms with Gasteiger partial charge in [0, 0.05) is 26.2 Å². The van der Waals surface area contributed by atoms with Gasteiger partial charge in [0.15, 0.2) is 34.1 Å². The summed E-state index contributed by atoms with van der Waals surface area (Å²) in [6, 6.07) is 3.89. The van der Waals surface area contributed by atoms with Crippen molar-refractivity contribution >= 4 is 33.5 Å². The zero-order chi connectivity index (χ0) is 31.6. The molecule has 2 aromatic rings. The number of benzene rings is 2. The third-order valence-corrected chi connectivity index (χ3v) is 9.68. The number of nitrogens with two attached hydrogens (primary N) is 1. The molecule has 2 aliphatic heterocycles. The van der Waals surface area contributed by atoms with E-state index < -0.39 is 67.9 Å². The summed E-state index contributed by atoms with van der Waals surface area (Å²) in [7, 11) is -5.56. The fourth-order valence-electron chi connectivity index (χ4n) is 5.44. The lowest BCUT2D eigenvalue weighted by Crippen LogP contribution is -2.54. The van der Waals surface area contributed by atoms with E-state index in [-0.39, 0.29) is 30.5 Å². The summed E-state index contributed by atoms with van der Waals surface area (Å²) in [5.41, 5.74) is 5.24. The molecule has 0 unspecified atom stereocenters. The Morgan fingerprint density at radius 3 is 2.09 bits per heavy atom. The average Bonchev–Trinajstić information content (AvgIpc) is 3.48. The first-order valence-corrected chi connectivity index (χ1v) is 15.0. The summed E-state index contributed by atoms with van der Waals surface area (Å²) in [4.78, 5) is 27.6. The van der Waals surface area contributed by atoms with Gasteiger partial charge in [0.25, 0.3) is 10.0 Å². The first kappa shape index (κ1) is 32.0. The van der Waals surface area contributed by atoms with E-state index in [0.29, 0.717) is 43.2 Å². The van der Waals surface area contributed by atoms with Crippen LogP contribution in [0.25, 0.3) is 0 Å². The number of nitrogens with one attached hydrogen (secondary N) is 2. The molecular weight excluding hydrogens is 599 g/mol. The summed E-state index contributed by atoms with van der Waals surface area (Å²) in [5, 5.41) is 10.4. The number of anilines is 1. The van der Waals surface area contributed by atoms with Crippen LogP contribution in [0.4, 0.5) is 27.6 Å². The quantitative estimate of drug-likeness (QED) is 0.135. The summed E-state index contributed by atoms with van der Waals surface area (Å²) in [6.45, 7) is 2.62. The third kappa shape index (κ3) is 6.24. The second kappa shape index (κ2) is 12.7. The Kier molecular flexibility index (Phi) is 9.47. The number of sulfonamides is 1. The Bertz CT molecular complexity index is 1480. The zero-order valence-corrected chi connectivity index (χ0v) is 23.9. The van der Waals surface area contributed by atoms with E-state index in [4.69, 9.17) is 11.1 Å². The molecule has 0 radical (unpaired) electrons. The Balaban J connectivity index is 1.59. The fraction of sp³-hybridized carbons (Fsp3) is 0.444. The maximum absolute atomic E-state index is 14.7. The van der Waals surface area contributed by atoms with Crippen molar-refractivity contribution in [2.24, 2.45) is 11.7 Å². The highest BCUT2D eigenvalue weighted by molar-refractivity contribution is 7.93. The number of amides is 2. The van der Waals surface area contributed by atoms with Gasteiger partial charge in [-0.15, -0.1) is 0 Å². The lowest BCUT2D eigenvalue weighted by Gasteiger charge is -2.34. The predicted octanol–water partition coefficient (Wildman–Crippen LogP) is 2.68. The Morgan fingerprint density at radius 2 is 1.53 bits per heavy atom. The largest absolute Gasteiger partial charge is 0.370 e. The molecule has 0 bridgehead atoms. The van der Waals surface area contributed by atoms with Crippen molar-refractivity contribution in [2.45, 2.75) is 49.6 Å². The van der Waals surface area contributed by atoms with E-state index in [1.54, 1.807) is 4.90 Å². The van der Waals surface area contributed by atoms with Crippen molar-refractivity contribution in [1.82, 2.24) is 15.1 Å². The maximum Gasteiger partial charge on any atom is 0.271 e. The number of piperidine rings is 1. The number of rotatable bonds is 8. The summed E-state index contributed by atoms with van der Waals surface area (Å²) in [6.07, 6.45) is 2.05. The highest BCUT2D eigenvalue weighted by Gasteiger charge is 2.44. The molecule has 4 N–H and O–H groups in total. The number of hydrogen-bond donors (Lipinski definition) is 3. The lowest BCUT2D eigenvalue weighted by atomic mass is 9.97. The van der Waals surface area contributed by atoms with Gasteiger partial charge in [0.05, 0.1) is 5.69 Å². The molecule has 4 rings (SSSR count). The van der Waals surface area contributed by atoms with E-state index in [1.807, 2.05) is 0 Å². The van der Waals surface area contributed by atoms with Crippen LogP contribution >= 0.6 is 0 Å². The van der Waals surface area contributed by atoms with Crippen LogP contribution in [0.15, 0.2) is 35.2 Å². The fourth-order valence-corrected chi connectivity index (χ4v) is 7.17. The monoisotopic (exact) mass is 630 g/mol. The van der Waals surface area contributed by atoms with Crippen LogP contribution < -0.4 is 15.4 Å². The first-order valence-electron chi connectivity index (χ1n) is 13.5. The second-order valence-corrected chi connectivity index (χ2v) is 12.2. The maximum atomic E-state index is 14.7. The van der Waals surface area contributed by atoms with Crippen LogP contribution in [0.5, 0.6) is 0 Å². The Hall–Kier alpha value is -3.95. The molecule has 2 aromatic carbocycles. The second-order valence-electron chi connectivity index (χ2n) is 10.5. The Labute approximate surface area is 245 Å².